The van der Waals surface area contributed by atoms with Crippen molar-refractivity contribution in [3.05, 3.63) is 0 Å². The van der Waals surface area contributed by atoms with Crippen molar-refractivity contribution in [2.24, 2.45) is 4.99 Å². The SMILES string of the molecule is CCNC(=NCC(C)(C)OC)NCCCN(C)S(=O)(=O)CC. The summed E-state index contributed by atoms with van der Waals surface area (Å²) in [7, 11) is 0.178. The summed E-state index contributed by atoms with van der Waals surface area (Å²) in [6.45, 7) is 10.1. The van der Waals surface area contributed by atoms with Crippen molar-refractivity contribution in [3.8, 4) is 0 Å². The normalized spacial score (nSPS) is 13.5. The Labute approximate surface area is 135 Å². The Kier molecular flexibility index (Phi) is 9.63. The monoisotopic (exact) mass is 336 g/mol. The number of ether oxygens (including phenoxy) is 1. The summed E-state index contributed by atoms with van der Waals surface area (Å²) < 4.78 is 30.0. The summed E-state index contributed by atoms with van der Waals surface area (Å²) in [5.74, 6) is 0.848. The number of guanidine groups is 1. The predicted octanol–water partition coefficient (Wildman–Crippen LogP) is 0.638. The molecule has 0 spiro atoms. The van der Waals surface area contributed by atoms with Gasteiger partial charge >= 0.3 is 0 Å². The predicted molar refractivity (Wildman–Crippen MR) is 91.8 cm³/mol. The lowest BCUT2D eigenvalue weighted by atomic mass is 10.1. The number of methoxy groups -OCH3 is 1. The second kappa shape index (κ2) is 10.0. The van der Waals surface area contributed by atoms with Crippen molar-refractivity contribution in [1.82, 2.24) is 14.9 Å². The third-order valence-corrected chi connectivity index (χ3v) is 5.16. The molecular formula is C14H32N4O3S. The molecule has 0 heterocycles. The summed E-state index contributed by atoms with van der Waals surface area (Å²) in [6.07, 6.45) is 0.716. The lowest BCUT2D eigenvalue weighted by Gasteiger charge is -2.21. The molecule has 0 atom stereocenters. The van der Waals surface area contributed by atoms with Crippen LogP contribution >= 0.6 is 0 Å². The summed E-state index contributed by atoms with van der Waals surface area (Å²) >= 11 is 0. The van der Waals surface area contributed by atoms with E-state index in [0.29, 0.717) is 32.0 Å². The fraction of sp³-hybridized carbons (Fsp3) is 0.929. The Morgan fingerprint density at radius 3 is 2.41 bits per heavy atom. The van der Waals surface area contributed by atoms with Gasteiger partial charge in [0.15, 0.2) is 5.96 Å². The molecule has 0 unspecified atom stereocenters. The Bertz CT molecular complexity index is 435. The molecule has 7 nitrogen and oxygen atoms in total. The molecule has 0 amide bonds. The molecule has 0 fully saturated rings. The van der Waals surface area contributed by atoms with Crippen molar-refractivity contribution in [3.63, 3.8) is 0 Å². The summed E-state index contributed by atoms with van der Waals surface area (Å²) in [5, 5.41) is 6.36. The van der Waals surface area contributed by atoms with Crippen LogP contribution in [0.5, 0.6) is 0 Å². The minimum absolute atomic E-state index is 0.132. The van der Waals surface area contributed by atoms with Gasteiger partial charge in [-0.1, -0.05) is 0 Å². The van der Waals surface area contributed by atoms with Crippen LogP contribution in [0.1, 0.15) is 34.1 Å². The zero-order valence-electron chi connectivity index (χ0n) is 14.8. The highest BCUT2D eigenvalue weighted by atomic mass is 32.2. The Morgan fingerprint density at radius 2 is 1.91 bits per heavy atom. The quantitative estimate of drug-likeness (QED) is 0.347. The molecule has 0 aliphatic heterocycles. The first-order valence-electron chi connectivity index (χ1n) is 7.70. The second-order valence-corrected chi connectivity index (χ2v) is 8.03. The Balaban J connectivity index is 4.30. The number of aliphatic imine (C=N–C) groups is 1. The van der Waals surface area contributed by atoms with E-state index in [1.165, 1.54) is 4.31 Å². The van der Waals surface area contributed by atoms with Crippen LogP contribution in [0, 0.1) is 0 Å². The molecular weight excluding hydrogens is 304 g/mol. The number of nitrogens with one attached hydrogen (secondary N) is 2. The molecule has 0 aromatic heterocycles. The van der Waals surface area contributed by atoms with Crippen molar-refractivity contribution in [2.75, 3.05) is 46.1 Å². The topological polar surface area (TPSA) is 83.0 Å². The van der Waals surface area contributed by atoms with E-state index in [0.717, 1.165) is 6.54 Å². The van der Waals surface area contributed by atoms with Gasteiger partial charge in [-0.05, 0) is 34.1 Å². The highest BCUT2D eigenvalue weighted by Crippen LogP contribution is 2.06. The van der Waals surface area contributed by atoms with Crippen molar-refractivity contribution in [1.29, 1.82) is 0 Å². The van der Waals surface area contributed by atoms with Gasteiger partial charge in [0.2, 0.25) is 10.0 Å². The molecule has 0 bridgehead atoms. The molecule has 0 aromatic carbocycles. The zero-order chi connectivity index (χ0) is 17.2. The van der Waals surface area contributed by atoms with Crippen LogP contribution in [-0.4, -0.2) is 70.4 Å². The maximum absolute atomic E-state index is 11.6. The fourth-order valence-corrected chi connectivity index (χ4v) is 2.39. The summed E-state index contributed by atoms with van der Waals surface area (Å²) in [6, 6.07) is 0. The molecule has 0 aliphatic rings. The standard InChI is InChI=1S/C14H32N4O3S/c1-7-15-13(17-12-14(3,4)21-6)16-10-9-11-18(5)22(19,20)8-2/h7-12H2,1-6H3,(H2,15,16,17). The van der Waals surface area contributed by atoms with Crippen LogP contribution in [0.2, 0.25) is 0 Å². The molecule has 0 rings (SSSR count). The largest absolute Gasteiger partial charge is 0.377 e. The van der Waals surface area contributed by atoms with Crippen molar-refractivity contribution >= 4 is 16.0 Å². The molecule has 132 valence electrons. The van der Waals surface area contributed by atoms with Crippen LogP contribution < -0.4 is 10.6 Å². The van der Waals surface area contributed by atoms with Gasteiger partial charge in [-0.25, -0.2) is 12.7 Å². The van der Waals surface area contributed by atoms with Crippen LogP contribution in [0.25, 0.3) is 0 Å². The third kappa shape index (κ3) is 8.55. The first-order chi connectivity index (χ1) is 10.2. The number of nitrogens with zero attached hydrogens (tertiary/aromatic N) is 2. The van der Waals surface area contributed by atoms with Gasteiger partial charge in [0, 0.05) is 33.8 Å². The van der Waals surface area contributed by atoms with E-state index in [2.05, 4.69) is 15.6 Å². The molecule has 0 aromatic rings. The highest BCUT2D eigenvalue weighted by molar-refractivity contribution is 7.89. The minimum atomic E-state index is -3.10. The maximum Gasteiger partial charge on any atom is 0.213 e. The maximum atomic E-state index is 11.6. The average molecular weight is 337 g/mol. The van der Waals surface area contributed by atoms with Gasteiger partial charge < -0.3 is 15.4 Å². The van der Waals surface area contributed by atoms with Crippen molar-refractivity contribution in [2.45, 2.75) is 39.7 Å². The van der Waals surface area contributed by atoms with Crippen molar-refractivity contribution < 1.29 is 13.2 Å². The lowest BCUT2D eigenvalue weighted by Crippen LogP contribution is -2.40. The second-order valence-electron chi connectivity index (χ2n) is 5.66. The van der Waals surface area contributed by atoms with E-state index in [4.69, 9.17) is 4.74 Å². The first kappa shape index (κ1) is 21.1. The summed E-state index contributed by atoms with van der Waals surface area (Å²) in [5.41, 5.74) is -0.308. The summed E-state index contributed by atoms with van der Waals surface area (Å²) in [4.78, 5) is 4.48. The fourth-order valence-electron chi connectivity index (χ4n) is 1.54. The van der Waals surface area contributed by atoms with E-state index in [1.807, 2.05) is 20.8 Å². The third-order valence-electron chi connectivity index (χ3n) is 3.30. The van der Waals surface area contributed by atoms with E-state index in [-0.39, 0.29) is 11.4 Å². The van der Waals surface area contributed by atoms with E-state index < -0.39 is 10.0 Å². The van der Waals surface area contributed by atoms with Gasteiger partial charge in [-0.2, -0.15) is 0 Å². The smallest absolute Gasteiger partial charge is 0.213 e. The van der Waals surface area contributed by atoms with Crippen LogP contribution in [0.4, 0.5) is 0 Å². The van der Waals surface area contributed by atoms with Crippen LogP contribution in [0.15, 0.2) is 4.99 Å². The lowest BCUT2D eigenvalue weighted by molar-refractivity contribution is 0.0310. The van der Waals surface area contributed by atoms with Gasteiger partial charge in [-0.15, -0.1) is 0 Å². The molecule has 8 heteroatoms. The van der Waals surface area contributed by atoms with Gasteiger partial charge in [-0.3, -0.25) is 4.99 Å². The molecule has 0 saturated heterocycles. The first-order valence-corrected chi connectivity index (χ1v) is 9.30. The van der Waals surface area contributed by atoms with Gasteiger partial charge in [0.25, 0.3) is 0 Å². The molecule has 0 saturated carbocycles. The number of hydrogen-bond acceptors (Lipinski definition) is 4. The number of rotatable bonds is 10. The molecule has 0 aliphatic carbocycles. The van der Waals surface area contributed by atoms with Gasteiger partial charge in [0.1, 0.15) is 0 Å². The van der Waals surface area contributed by atoms with Gasteiger partial charge in [0.05, 0.1) is 17.9 Å². The Hall–Kier alpha value is -0.860. The van der Waals surface area contributed by atoms with Crippen LogP contribution in [-0.2, 0) is 14.8 Å². The minimum Gasteiger partial charge on any atom is -0.377 e. The molecule has 0 radical (unpaired) electrons. The zero-order valence-corrected chi connectivity index (χ0v) is 15.6. The molecule has 2 N–H and O–H groups in total. The van der Waals surface area contributed by atoms with E-state index >= 15 is 0 Å². The number of sulfonamides is 1. The molecule has 22 heavy (non-hydrogen) atoms. The highest BCUT2D eigenvalue weighted by Gasteiger charge is 2.16. The van der Waals surface area contributed by atoms with E-state index in [9.17, 15) is 8.42 Å². The average Bonchev–Trinajstić information content (AvgIpc) is 2.48. The van der Waals surface area contributed by atoms with Crippen LogP contribution in [0.3, 0.4) is 0 Å². The Morgan fingerprint density at radius 1 is 1.27 bits per heavy atom. The number of hydrogen-bond donors (Lipinski definition) is 2. The van der Waals surface area contributed by atoms with E-state index in [1.54, 1.807) is 21.1 Å².